The van der Waals surface area contributed by atoms with E-state index in [9.17, 15) is 9.59 Å². The van der Waals surface area contributed by atoms with Gasteiger partial charge in [-0.1, -0.05) is 27.2 Å². The second-order valence-electron chi connectivity index (χ2n) is 4.93. The van der Waals surface area contributed by atoms with Crippen LogP contribution in [-0.2, 0) is 14.3 Å². The number of carbonyl (C=O) groups excluding carboxylic acids is 2. The van der Waals surface area contributed by atoms with Crippen molar-refractivity contribution >= 4 is 11.8 Å². The molecule has 0 radical (unpaired) electrons. The molecular weight excluding hydrogens is 244 g/mol. The molecule has 5 heteroatoms. The molecule has 0 aromatic heterocycles. The third-order valence-corrected chi connectivity index (χ3v) is 3.91. The summed E-state index contributed by atoms with van der Waals surface area (Å²) < 4.78 is 5.52. The largest absolute Gasteiger partial charge is 0.380 e. The van der Waals surface area contributed by atoms with E-state index in [-0.39, 0.29) is 18.4 Å². The van der Waals surface area contributed by atoms with Crippen molar-refractivity contribution in [3.63, 3.8) is 0 Å². The summed E-state index contributed by atoms with van der Waals surface area (Å²) in [4.78, 5) is 25.9. The molecule has 0 aliphatic carbocycles. The van der Waals surface area contributed by atoms with Gasteiger partial charge >= 0.3 is 0 Å². The van der Waals surface area contributed by atoms with E-state index in [4.69, 9.17) is 4.74 Å². The van der Waals surface area contributed by atoms with E-state index in [2.05, 4.69) is 12.2 Å². The molecule has 0 unspecified atom stereocenters. The number of hydrogen-bond acceptors (Lipinski definition) is 3. The van der Waals surface area contributed by atoms with Crippen molar-refractivity contribution < 1.29 is 14.3 Å². The highest BCUT2D eigenvalue weighted by molar-refractivity contribution is 5.97. The van der Waals surface area contributed by atoms with Crippen molar-refractivity contribution in [1.82, 2.24) is 10.2 Å². The highest BCUT2D eigenvalue weighted by atomic mass is 16.5. The lowest BCUT2D eigenvalue weighted by atomic mass is 9.87. The summed E-state index contributed by atoms with van der Waals surface area (Å²) in [6.07, 6.45) is 3.39. The molecule has 1 heterocycles. The van der Waals surface area contributed by atoms with Gasteiger partial charge in [0.25, 0.3) is 0 Å². The number of rotatable bonds is 8. The van der Waals surface area contributed by atoms with Gasteiger partial charge in [-0.05, 0) is 19.3 Å². The van der Waals surface area contributed by atoms with Crippen LogP contribution in [0.1, 0.15) is 46.5 Å². The fraction of sp³-hybridized carbons (Fsp3) is 0.857. The Morgan fingerprint density at radius 1 is 1.21 bits per heavy atom. The smallest absolute Gasteiger partial charge is 0.246 e. The fourth-order valence-electron chi connectivity index (χ4n) is 2.57. The van der Waals surface area contributed by atoms with Crippen LogP contribution in [0.4, 0.5) is 0 Å². The molecule has 0 spiro atoms. The Balaban J connectivity index is 2.63. The lowest BCUT2D eigenvalue weighted by Crippen LogP contribution is -2.67. The monoisotopic (exact) mass is 270 g/mol. The minimum absolute atomic E-state index is 0.0117. The van der Waals surface area contributed by atoms with E-state index >= 15 is 0 Å². The molecule has 5 nitrogen and oxygen atoms in total. The molecule has 1 rings (SSSR count). The van der Waals surface area contributed by atoms with Gasteiger partial charge < -0.3 is 15.0 Å². The van der Waals surface area contributed by atoms with E-state index in [1.54, 1.807) is 4.90 Å². The van der Waals surface area contributed by atoms with Gasteiger partial charge in [0.2, 0.25) is 11.8 Å². The SMILES string of the molecule is CCCCOCCN1C(=O)CNC(=O)C1(CC)CC. The predicted molar refractivity (Wildman–Crippen MR) is 73.8 cm³/mol. The van der Waals surface area contributed by atoms with E-state index in [1.807, 2.05) is 13.8 Å². The summed E-state index contributed by atoms with van der Waals surface area (Å²) in [5.41, 5.74) is -0.691. The van der Waals surface area contributed by atoms with Crippen molar-refractivity contribution in [3.05, 3.63) is 0 Å². The van der Waals surface area contributed by atoms with E-state index in [0.717, 1.165) is 19.4 Å². The maximum atomic E-state index is 12.1. The average molecular weight is 270 g/mol. The second-order valence-corrected chi connectivity index (χ2v) is 4.93. The van der Waals surface area contributed by atoms with Crippen LogP contribution < -0.4 is 5.32 Å². The van der Waals surface area contributed by atoms with Gasteiger partial charge in [0.15, 0.2) is 0 Å². The summed E-state index contributed by atoms with van der Waals surface area (Å²) in [7, 11) is 0. The molecule has 1 N–H and O–H groups in total. The molecule has 1 aliphatic rings. The molecule has 0 aromatic rings. The van der Waals surface area contributed by atoms with Crippen LogP contribution in [0.3, 0.4) is 0 Å². The second kappa shape index (κ2) is 7.48. The van der Waals surface area contributed by atoms with Crippen molar-refractivity contribution in [3.8, 4) is 0 Å². The highest BCUT2D eigenvalue weighted by Gasteiger charge is 2.46. The standard InChI is InChI=1S/C14H26N2O3/c1-4-7-9-19-10-8-16-12(17)11-15-13(18)14(16,5-2)6-3/h4-11H2,1-3H3,(H,15,18). The van der Waals surface area contributed by atoms with E-state index < -0.39 is 5.54 Å². The van der Waals surface area contributed by atoms with Crippen LogP contribution >= 0.6 is 0 Å². The molecular formula is C14H26N2O3. The molecule has 2 amide bonds. The lowest BCUT2D eigenvalue weighted by Gasteiger charge is -2.45. The summed E-state index contributed by atoms with van der Waals surface area (Å²) in [5, 5.41) is 2.69. The van der Waals surface area contributed by atoms with Crippen molar-refractivity contribution in [1.29, 1.82) is 0 Å². The Labute approximate surface area is 115 Å². The Bertz CT molecular complexity index is 314. The molecule has 1 aliphatic heterocycles. The molecule has 0 atom stereocenters. The highest BCUT2D eigenvalue weighted by Crippen LogP contribution is 2.26. The molecule has 110 valence electrons. The number of nitrogens with zero attached hydrogens (tertiary/aromatic N) is 1. The summed E-state index contributed by atoms with van der Waals surface area (Å²) >= 11 is 0. The molecule has 1 saturated heterocycles. The molecule has 1 fully saturated rings. The molecule has 19 heavy (non-hydrogen) atoms. The number of piperazine rings is 1. The maximum absolute atomic E-state index is 12.1. The molecule has 0 bridgehead atoms. The number of unbranched alkanes of at least 4 members (excludes halogenated alkanes) is 1. The first-order valence-electron chi connectivity index (χ1n) is 7.28. The van der Waals surface area contributed by atoms with Crippen molar-refractivity contribution in [2.45, 2.75) is 52.0 Å². The fourth-order valence-corrected chi connectivity index (χ4v) is 2.57. The maximum Gasteiger partial charge on any atom is 0.246 e. The van der Waals surface area contributed by atoms with Gasteiger partial charge in [-0.2, -0.15) is 0 Å². The zero-order chi connectivity index (χ0) is 14.3. The minimum Gasteiger partial charge on any atom is -0.380 e. The van der Waals surface area contributed by atoms with Gasteiger partial charge in [-0.25, -0.2) is 0 Å². The first-order valence-corrected chi connectivity index (χ1v) is 7.28. The predicted octanol–water partition coefficient (Wildman–Crippen LogP) is 1.32. The third-order valence-electron chi connectivity index (χ3n) is 3.91. The summed E-state index contributed by atoms with van der Waals surface area (Å²) in [6, 6.07) is 0. The van der Waals surface area contributed by atoms with Crippen LogP contribution in [0, 0.1) is 0 Å². The number of hydrogen-bond donors (Lipinski definition) is 1. The topological polar surface area (TPSA) is 58.6 Å². The van der Waals surface area contributed by atoms with Crippen molar-refractivity contribution in [2.24, 2.45) is 0 Å². The molecule has 0 saturated carbocycles. The zero-order valence-corrected chi connectivity index (χ0v) is 12.3. The van der Waals surface area contributed by atoms with Crippen LogP contribution in [0.25, 0.3) is 0 Å². The van der Waals surface area contributed by atoms with Crippen LogP contribution in [-0.4, -0.2) is 48.6 Å². The van der Waals surface area contributed by atoms with E-state index in [0.29, 0.717) is 26.0 Å². The number of amides is 2. The Kier molecular flexibility index (Phi) is 6.28. The quantitative estimate of drug-likeness (QED) is 0.677. The Morgan fingerprint density at radius 2 is 1.89 bits per heavy atom. The van der Waals surface area contributed by atoms with Gasteiger partial charge in [0.1, 0.15) is 5.54 Å². The van der Waals surface area contributed by atoms with Gasteiger partial charge in [0.05, 0.1) is 13.2 Å². The van der Waals surface area contributed by atoms with Gasteiger partial charge in [-0.3, -0.25) is 9.59 Å². The van der Waals surface area contributed by atoms with Gasteiger partial charge in [-0.15, -0.1) is 0 Å². The average Bonchev–Trinajstić information content (AvgIpc) is 2.43. The molecule has 0 aromatic carbocycles. The first-order chi connectivity index (χ1) is 9.12. The Hall–Kier alpha value is -1.10. The lowest BCUT2D eigenvalue weighted by molar-refractivity contribution is -0.155. The zero-order valence-electron chi connectivity index (χ0n) is 12.3. The number of carbonyl (C=O) groups is 2. The van der Waals surface area contributed by atoms with Crippen LogP contribution in [0.5, 0.6) is 0 Å². The van der Waals surface area contributed by atoms with Crippen LogP contribution in [0.2, 0.25) is 0 Å². The summed E-state index contributed by atoms with van der Waals surface area (Å²) in [6.45, 7) is 7.84. The minimum atomic E-state index is -0.691. The van der Waals surface area contributed by atoms with Crippen LogP contribution in [0.15, 0.2) is 0 Å². The third kappa shape index (κ3) is 3.47. The van der Waals surface area contributed by atoms with Gasteiger partial charge in [0, 0.05) is 13.2 Å². The number of nitrogens with one attached hydrogen (secondary N) is 1. The number of ether oxygens (including phenoxy) is 1. The summed E-state index contributed by atoms with van der Waals surface area (Å²) in [5.74, 6) is -0.0481. The van der Waals surface area contributed by atoms with E-state index in [1.165, 1.54) is 0 Å². The van der Waals surface area contributed by atoms with Crippen molar-refractivity contribution in [2.75, 3.05) is 26.3 Å². The Morgan fingerprint density at radius 3 is 2.47 bits per heavy atom. The normalized spacial score (nSPS) is 18.6. The first kappa shape index (κ1) is 16.0.